The van der Waals surface area contributed by atoms with Gasteiger partial charge in [0, 0.05) is 5.54 Å². The lowest BCUT2D eigenvalue weighted by Gasteiger charge is -2.21. The summed E-state index contributed by atoms with van der Waals surface area (Å²) in [6, 6.07) is 0. The lowest BCUT2D eigenvalue weighted by Crippen LogP contribution is -2.36. The van der Waals surface area contributed by atoms with E-state index in [4.69, 9.17) is 0 Å². The summed E-state index contributed by atoms with van der Waals surface area (Å²) in [6.07, 6.45) is 9.74. The molecule has 0 aliphatic rings. The average Bonchev–Trinajstić information content (AvgIpc) is 2.20. The van der Waals surface area contributed by atoms with E-state index in [-0.39, 0.29) is 5.54 Å². The van der Waals surface area contributed by atoms with Crippen molar-refractivity contribution in [2.75, 3.05) is 6.54 Å². The fraction of sp³-hybridized carbons (Fsp3) is 1.00. The van der Waals surface area contributed by atoms with Crippen LogP contribution in [0, 0.1) is 5.92 Å². The zero-order valence-electron chi connectivity index (χ0n) is 12.2. The maximum atomic E-state index is 3.57. The normalized spacial score (nSPS) is 14.1. The summed E-state index contributed by atoms with van der Waals surface area (Å²) in [4.78, 5) is 0. The van der Waals surface area contributed by atoms with Gasteiger partial charge in [-0.05, 0) is 46.1 Å². The maximum absolute atomic E-state index is 3.57. The first-order chi connectivity index (χ1) is 7.49. The lowest BCUT2D eigenvalue weighted by molar-refractivity contribution is 0.372. The Morgan fingerprint density at radius 3 is 2.06 bits per heavy atom. The highest BCUT2D eigenvalue weighted by Gasteiger charge is 2.09. The first-order valence-electron chi connectivity index (χ1n) is 7.24. The summed E-state index contributed by atoms with van der Waals surface area (Å²) in [7, 11) is 0. The highest BCUT2D eigenvalue weighted by molar-refractivity contribution is 4.70. The van der Waals surface area contributed by atoms with Crippen LogP contribution < -0.4 is 5.32 Å². The first kappa shape index (κ1) is 16.0. The molecule has 0 aliphatic carbocycles. The van der Waals surface area contributed by atoms with Gasteiger partial charge in [0.15, 0.2) is 0 Å². The minimum Gasteiger partial charge on any atom is -0.312 e. The Balaban J connectivity index is 3.47. The Morgan fingerprint density at radius 2 is 1.56 bits per heavy atom. The Labute approximate surface area is 103 Å². The standard InChI is InChI=1S/C15H33N/c1-6-8-9-11-14(7-2)12-10-13-16-15(3,4)5/h14,16H,6-13H2,1-5H3. The van der Waals surface area contributed by atoms with Gasteiger partial charge < -0.3 is 5.32 Å². The van der Waals surface area contributed by atoms with Crippen molar-refractivity contribution in [2.45, 2.75) is 85.1 Å². The third-order valence-electron chi connectivity index (χ3n) is 3.24. The number of unbranched alkanes of at least 4 members (excludes halogenated alkanes) is 2. The minimum absolute atomic E-state index is 0.282. The molecule has 0 aliphatic heterocycles. The third-order valence-corrected chi connectivity index (χ3v) is 3.24. The number of hydrogen-bond acceptors (Lipinski definition) is 1. The van der Waals surface area contributed by atoms with Crippen LogP contribution in [0.15, 0.2) is 0 Å². The summed E-state index contributed by atoms with van der Waals surface area (Å²) < 4.78 is 0. The minimum atomic E-state index is 0.282. The third kappa shape index (κ3) is 10.5. The first-order valence-corrected chi connectivity index (χ1v) is 7.24. The summed E-state index contributed by atoms with van der Waals surface area (Å²) in [5.74, 6) is 0.966. The SMILES string of the molecule is CCCCCC(CC)CCCNC(C)(C)C. The molecule has 0 amide bonds. The van der Waals surface area contributed by atoms with Crippen LogP contribution in [0.2, 0.25) is 0 Å². The van der Waals surface area contributed by atoms with E-state index < -0.39 is 0 Å². The van der Waals surface area contributed by atoms with Gasteiger partial charge in [-0.3, -0.25) is 0 Å². The molecule has 1 nitrogen and oxygen atoms in total. The van der Waals surface area contributed by atoms with Crippen LogP contribution in [-0.2, 0) is 0 Å². The monoisotopic (exact) mass is 227 g/mol. The Kier molecular flexibility index (Phi) is 9.02. The van der Waals surface area contributed by atoms with Crippen LogP contribution in [0.1, 0.15) is 79.6 Å². The molecule has 0 spiro atoms. The van der Waals surface area contributed by atoms with Gasteiger partial charge in [0.05, 0.1) is 0 Å². The molecule has 1 heteroatoms. The lowest BCUT2D eigenvalue weighted by atomic mass is 9.93. The molecule has 16 heavy (non-hydrogen) atoms. The Bertz CT molecular complexity index is 146. The summed E-state index contributed by atoms with van der Waals surface area (Å²) in [6.45, 7) is 12.5. The van der Waals surface area contributed by atoms with Crippen LogP contribution in [0.5, 0.6) is 0 Å². The predicted molar refractivity (Wildman–Crippen MR) is 74.9 cm³/mol. The second-order valence-corrected chi connectivity index (χ2v) is 6.09. The molecule has 0 aromatic carbocycles. The average molecular weight is 227 g/mol. The van der Waals surface area contributed by atoms with E-state index in [0.29, 0.717) is 0 Å². The van der Waals surface area contributed by atoms with E-state index >= 15 is 0 Å². The van der Waals surface area contributed by atoms with E-state index in [0.717, 1.165) is 5.92 Å². The van der Waals surface area contributed by atoms with Gasteiger partial charge in [-0.25, -0.2) is 0 Å². The van der Waals surface area contributed by atoms with E-state index in [1.54, 1.807) is 0 Å². The van der Waals surface area contributed by atoms with Crippen LogP contribution >= 0.6 is 0 Å². The molecule has 0 fully saturated rings. The van der Waals surface area contributed by atoms with Crippen LogP contribution in [0.4, 0.5) is 0 Å². The van der Waals surface area contributed by atoms with Crippen molar-refractivity contribution in [3.05, 3.63) is 0 Å². The molecule has 0 aromatic heterocycles. The topological polar surface area (TPSA) is 12.0 Å². The molecule has 0 bridgehead atoms. The molecule has 0 rings (SSSR count). The van der Waals surface area contributed by atoms with Gasteiger partial charge in [0.25, 0.3) is 0 Å². The molecule has 0 radical (unpaired) electrons. The van der Waals surface area contributed by atoms with Crippen LogP contribution in [0.3, 0.4) is 0 Å². The van der Waals surface area contributed by atoms with Gasteiger partial charge in [0.2, 0.25) is 0 Å². The summed E-state index contributed by atoms with van der Waals surface area (Å²) in [5.41, 5.74) is 0.282. The molecule has 1 unspecified atom stereocenters. The fourth-order valence-corrected chi connectivity index (χ4v) is 2.09. The van der Waals surface area contributed by atoms with Crippen molar-refractivity contribution < 1.29 is 0 Å². The van der Waals surface area contributed by atoms with Crippen LogP contribution in [0.25, 0.3) is 0 Å². The second kappa shape index (κ2) is 9.04. The molecule has 1 atom stereocenters. The Morgan fingerprint density at radius 1 is 0.938 bits per heavy atom. The largest absolute Gasteiger partial charge is 0.312 e. The van der Waals surface area contributed by atoms with E-state index in [2.05, 4.69) is 39.9 Å². The van der Waals surface area contributed by atoms with Crippen molar-refractivity contribution in [2.24, 2.45) is 5.92 Å². The predicted octanol–water partition coefficient (Wildman–Crippen LogP) is 4.76. The number of hydrogen-bond donors (Lipinski definition) is 1. The zero-order chi connectivity index (χ0) is 12.4. The molecule has 98 valence electrons. The van der Waals surface area contributed by atoms with Gasteiger partial charge in [-0.1, -0.05) is 46.0 Å². The van der Waals surface area contributed by atoms with E-state index in [1.165, 1.54) is 51.5 Å². The van der Waals surface area contributed by atoms with Crippen molar-refractivity contribution in [1.82, 2.24) is 5.32 Å². The van der Waals surface area contributed by atoms with Crippen molar-refractivity contribution in [3.8, 4) is 0 Å². The molecule has 1 N–H and O–H groups in total. The van der Waals surface area contributed by atoms with Crippen molar-refractivity contribution in [1.29, 1.82) is 0 Å². The summed E-state index contributed by atoms with van der Waals surface area (Å²) in [5, 5.41) is 3.57. The molecular weight excluding hydrogens is 194 g/mol. The highest BCUT2D eigenvalue weighted by atomic mass is 14.9. The Hall–Kier alpha value is -0.0400. The molecular formula is C15H33N. The zero-order valence-corrected chi connectivity index (χ0v) is 12.2. The molecule has 0 heterocycles. The van der Waals surface area contributed by atoms with Gasteiger partial charge in [0.1, 0.15) is 0 Å². The summed E-state index contributed by atoms with van der Waals surface area (Å²) >= 11 is 0. The maximum Gasteiger partial charge on any atom is 0.00965 e. The van der Waals surface area contributed by atoms with E-state index in [9.17, 15) is 0 Å². The fourth-order valence-electron chi connectivity index (χ4n) is 2.09. The van der Waals surface area contributed by atoms with Crippen molar-refractivity contribution in [3.63, 3.8) is 0 Å². The molecule has 0 saturated heterocycles. The van der Waals surface area contributed by atoms with E-state index in [1.807, 2.05) is 0 Å². The van der Waals surface area contributed by atoms with Crippen LogP contribution in [-0.4, -0.2) is 12.1 Å². The van der Waals surface area contributed by atoms with Gasteiger partial charge in [-0.2, -0.15) is 0 Å². The van der Waals surface area contributed by atoms with Gasteiger partial charge >= 0.3 is 0 Å². The van der Waals surface area contributed by atoms with Crippen molar-refractivity contribution >= 4 is 0 Å². The molecule has 0 aromatic rings. The van der Waals surface area contributed by atoms with Gasteiger partial charge in [-0.15, -0.1) is 0 Å². The number of nitrogens with one attached hydrogen (secondary N) is 1. The number of rotatable bonds is 9. The molecule has 0 saturated carbocycles. The quantitative estimate of drug-likeness (QED) is 0.560. The second-order valence-electron chi connectivity index (χ2n) is 6.09. The smallest absolute Gasteiger partial charge is 0.00965 e. The highest BCUT2D eigenvalue weighted by Crippen LogP contribution is 2.18.